The van der Waals surface area contributed by atoms with Crippen LogP contribution >= 0.6 is 34.7 Å². The van der Waals surface area contributed by atoms with Gasteiger partial charge in [0.15, 0.2) is 5.13 Å². The van der Waals surface area contributed by atoms with Gasteiger partial charge in [-0.1, -0.05) is 59.0 Å². The lowest BCUT2D eigenvalue weighted by molar-refractivity contribution is -0.118. The van der Waals surface area contributed by atoms with Gasteiger partial charge < -0.3 is 10.1 Å². The largest absolute Gasteiger partial charge is 0.497 e. The predicted octanol–water partition coefficient (Wildman–Crippen LogP) is 5.63. The Hall–Kier alpha value is -2.02. The summed E-state index contributed by atoms with van der Waals surface area (Å²) in [6, 6.07) is 15.4. The number of benzene rings is 2. The van der Waals surface area contributed by atoms with E-state index in [-0.39, 0.29) is 5.91 Å². The maximum absolute atomic E-state index is 12.9. The number of carbonyl (C=O) groups excluding carboxylic acids is 1. The molecule has 1 heterocycles. The highest BCUT2D eigenvalue weighted by Crippen LogP contribution is 2.49. The third-order valence-corrected chi connectivity index (χ3v) is 7.11. The highest BCUT2D eigenvalue weighted by Gasteiger charge is 2.51. The lowest BCUT2D eigenvalue weighted by Crippen LogP contribution is -2.27. The van der Waals surface area contributed by atoms with Gasteiger partial charge in [-0.2, -0.15) is 0 Å². The van der Waals surface area contributed by atoms with Crippen LogP contribution in [-0.2, 0) is 10.2 Å². The van der Waals surface area contributed by atoms with Crippen LogP contribution < -0.4 is 10.1 Å². The summed E-state index contributed by atoms with van der Waals surface area (Å²) in [6.45, 7) is 0. The number of aromatic nitrogens is 1. The molecule has 3 aromatic rings. The van der Waals surface area contributed by atoms with Crippen molar-refractivity contribution in [3.8, 4) is 5.75 Å². The average molecular weight is 417 g/mol. The van der Waals surface area contributed by atoms with Crippen LogP contribution in [0.1, 0.15) is 18.4 Å². The first kappa shape index (κ1) is 18.3. The molecule has 27 heavy (non-hydrogen) atoms. The van der Waals surface area contributed by atoms with Crippen LogP contribution in [0.2, 0.25) is 5.02 Å². The molecule has 138 valence electrons. The zero-order chi connectivity index (χ0) is 18.9. The topological polar surface area (TPSA) is 51.2 Å². The number of nitrogens with zero attached hydrogens (tertiary/aromatic N) is 1. The molecule has 1 amide bonds. The van der Waals surface area contributed by atoms with Crippen LogP contribution in [-0.4, -0.2) is 18.0 Å². The minimum atomic E-state index is -0.450. The normalized spacial score (nSPS) is 14.6. The van der Waals surface area contributed by atoms with Gasteiger partial charge in [0, 0.05) is 4.90 Å². The number of nitrogens with one attached hydrogen (secondary N) is 1. The molecule has 0 unspecified atom stereocenters. The molecule has 0 spiro atoms. The number of halogens is 1. The zero-order valence-electron chi connectivity index (χ0n) is 14.6. The van der Waals surface area contributed by atoms with Crippen LogP contribution in [0.5, 0.6) is 5.75 Å². The molecule has 7 heteroatoms. The van der Waals surface area contributed by atoms with E-state index in [1.807, 2.05) is 48.5 Å². The third kappa shape index (κ3) is 3.83. The highest BCUT2D eigenvalue weighted by atomic mass is 35.5. The van der Waals surface area contributed by atoms with E-state index in [9.17, 15) is 4.79 Å². The molecule has 2 aromatic carbocycles. The van der Waals surface area contributed by atoms with Crippen LogP contribution in [0.15, 0.2) is 63.8 Å². The second-order valence-electron chi connectivity index (χ2n) is 6.28. The summed E-state index contributed by atoms with van der Waals surface area (Å²) in [6.07, 6.45) is 3.46. The van der Waals surface area contributed by atoms with E-state index in [0.29, 0.717) is 10.2 Å². The summed E-state index contributed by atoms with van der Waals surface area (Å²) >= 11 is 9.20. The molecule has 1 N–H and O–H groups in total. The van der Waals surface area contributed by atoms with Crippen molar-refractivity contribution in [3.05, 3.63) is 65.3 Å². The number of anilines is 1. The van der Waals surface area contributed by atoms with Crippen molar-refractivity contribution in [1.82, 2.24) is 4.98 Å². The second kappa shape index (κ2) is 7.54. The molecule has 4 rings (SSSR count). The number of methoxy groups -OCH3 is 1. The predicted molar refractivity (Wildman–Crippen MR) is 110 cm³/mol. The van der Waals surface area contributed by atoms with Crippen LogP contribution in [0.4, 0.5) is 5.13 Å². The van der Waals surface area contributed by atoms with E-state index < -0.39 is 5.41 Å². The summed E-state index contributed by atoms with van der Waals surface area (Å²) in [5.74, 6) is 0.785. The van der Waals surface area contributed by atoms with Gasteiger partial charge in [0.05, 0.1) is 28.0 Å². The van der Waals surface area contributed by atoms with Gasteiger partial charge in [0.2, 0.25) is 5.91 Å². The van der Waals surface area contributed by atoms with E-state index in [2.05, 4.69) is 10.3 Å². The van der Waals surface area contributed by atoms with E-state index in [1.54, 1.807) is 25.1 Å². The Bertz CT molecular complexity index is 968. The van der Waals surface area contributed by atoms with E-state index >= 15 is 0 Å². The minimum Gasteiger partial charge on any atom is -0.497 e. The Morgan fingerprint density at radius 3 is 2.63 bits per heavy atom. The van der Waals surface area contributed by atoms with Crippen molar-refractivity contribution in [1.29, 1.82) is 0 Å². The van der Waals surface area contributed by atoms with Crippen LogP contribution in [0, 0.1) is 0 Å². The lowest BCUT2D eigenvalue weighted by Gasteiger charge is -2.15. The fourth-order valence-electron chi connectivity index (χ4n) is 2.90. The quantitative estimate of drug-likeness (QED) is 0.566. The fourth-order valence-corrected chi connectivity index (χ4v) is 5.00. The Labute approximate surface area is 170 Å². The average Bonchev–Trinajstić information content (AvgIpc) is 3.39. The molecule has 4 nitrogen and oxygen atoms in total. The van der Waals surface area contributed by atoms with Gasteiger partial charge in [-0.3, -0.25) is 4.79 Å². The maximum Gasteiger partial charge on any atom is 0.236 e. The number of ether oxygens (including phenoxy) is 1. The molecule has 0 saturated heterocycles. The zero-order valence-corrected chi connectivity index (χ0v) is 17.0. The van der Waals surface area contributed by atoms with E-state index in [1.165, 1.54) is 11.3 Å². The Kier molecular flexibility index (Phi) is 5.12. The molecule has 0 radical (unpaired) electrons. The maximum atomic E-state index is 12.9. The lowest BCUT2D eigenvalue weighted by atomic mass is 9.95. The van der Waals surface area contributed by atoms with Crippen LogP contribution in [0.3, 0.4) is 0 Å². The molecule has 1 fully saturated rings. The SMILES string of the molecule is COc1ccc(C2(C(=O)Nc3ncc(Sc4ccccc4Cl)s3)CC2)cc1. The summed E-state index contributed by atoms with van der Waals surface area (Å²) in [7, 11) is 1.63. The monoisotopic (exact) mass is 416 g/mol. The van der Waals surface area contributed by atoms with Crippen molar-refractivity contribution in [3.63, 3.8) is 0 Å². The molecule has 0 bridgehead atoms. The number of amides is 1. The highest BCUT2D eigenvalue weighted by molar-refractivity contribution is 8.01. The summed E-state index contributed by atoms with van der Waals surface area (Å²) in [5.41, 5.74) is 0.566. The number of thiazole rings is 1. The first-order valence-electron chi connectivity index (χ1n) is 8.45. The molecular formula is C20H17ClN2O2S2. The van der Waals surface area contributed by atoms with E-state index in [4.69, 9.17) is 16.3 Å². The molecular weight excluding hydrogens is 400 g/mol. The molecule has 1 aliphatic carbocycles. The number of hydrogen-bond acceptors (Lipinski definition) is 5. The number of hydrogen-bond donors (Lipinski definition) is 1. The summed E-state index contributed by atoms with van der Waals surface area (Å²) in [5, 5.41) is 4.30. The van der Waals surface area contributed by atoms with Gasteiger partial charge in [0.25, 0.3) is 0 Å². The molecule has 1 aromatic heterocycles. The second-order valence-corrected chi connectivity index (χ2v) is 9.06. The molecule has 0 aliphatic heterocycles. The first-order chi connectivity index (χ1) is 13.1. The van der Waals surface area contributed by atoms with Gasteiger partial charge in [-0.05, 0) is 42.7 Å². The Balaban J connectivity index is 1.45. The minimum absolute atomic E-state index is 0.00342. The number of rotatable bonds is 6. The van der Waals surface area contributed by atoms with E-state index in [0.717, 1.165) is 33.3 Å². The Morgan fingerprint density at radius 1 is 1.22 bits per heavy atom. The smallest absolute Gasteiger partial charge is 0.236 e. The Morgan fingerprint density at radius 2 is 1.96 bits per heavy atom. The van der Waals surface area contributed by atoms with Crippen molar-refractivity contribution < 1.29 is 9.53 Å². The van der Waals surface area contributed by atoms with Crippen molar-refractivity contribution in [2.45, 2.75) is 27.4 Å². The number of carbonyl (C=O) groups is 1. The van der Waals surface area contributed by atoms with Gasteiger partial charge in [-0.15, -0.1) is 0 Å². The summed E-state index contributed by atoms with van der Waals surface area (Å²) < 4.78 is 6.18. The van der Waals surface area contributed by atoms with Gasteiger partial charge in [-0.25, -0.2) is 4.98 Å². The molecule has 1 aliphatic rings. The van der Waals surface area contributed by atoms with Crippen molar-refractivity contribution in [2.24, 2.45) is 0 Å². The van der Waals surface area contributed by atoms with Crippen molar-refractivity contribution in [2.75, 3.05) is 12.4 Å². The van der Waals surface area contributed by atoms with Crippen molar-refractivity contribution >= 4 is 45.7 Å². The van der Waals surface area contributed by atoms with Crippen LogP contribution in [0.25, 0.3) is 0 Å². The standard InChI is InChI=1S/C20H17ClN2O2S2/c1-25-14-8-6-13(7-9-14)20(10-11-20)18(24)23-19-22-12-17(27-19)26-16-5-3-2-4-15(16)21/h2-9,12H,10-11H2,1H3,(H,22,23,24). The molecule has 0 atom stereocenters. The summed E-state index contributed by atoms with van der Waals surface area (Å²) in [4.78, 5) is 18.2. The fraction of sp³-hybridized carbons (Fsp3) is 0.200. The third-order valence-electron chi connectivity index (χ3n) is 4.58. The van der Waals surface area contributed by atoms with Gasteiger partial charge >= 0.3 is 0 Å². The first-order valence-corrected chi connectivity index (χ1v) is 10.5. The van der Waals surface area contributed by atoms with Gasteiger partial charge in [0.1, 0.15) is 5.75 Å². The molecule has 1 saturated carbocycles.